The third-order valence-electron chi connectivity index (χ3n) is 2.58. The second-order valence-corrected chi connectivity index (χ2v) is 5.01. The van der Waals surface area contributed by atoms with E-state index in [1.807, 2.05) is 11.8 Å². The minimum atomic E-state index is -0.517. The second kappa shape index (κ2) is 5.36. The van der Waals surface area contributed by atoms with Crippen molar-refractivity contribution in [3.8, 4) is 0 Å². The van der Waals surface area contributed by atoms with Gasteiger partial charge in [0.2, 0.25) is 0 Å². The lowest BCUT2D eigenvalue weighted by atomic mass is 10.1. The molecule has 1 aromatic rings. The van der Waals surface area contributed by atoms with Crippen molar-refractivity contribution >= 4 is 17.6 Å². The Morgan fingerprint density at radius 2 is 2.50 bits per heavy atom. The summed E-state index contributed by atoms with van der Waals surface area (Å²) >= 11 is 1.98. The summed E-state index contributed by atoms with van der Waals surface area (Å²) in [5, 5.41) is 13.7. The number of furan rings is 1. The van der Waals surface area contributed by atoms with E-state index in [0.29, 0.717) is 12.3 Å². The Morgan fingerprint density at radius 3 is 3.12 bits per heavy atom. The van der Waals surface area contributed by atoms with Crippen LogP contribution in [0, 0.1) is 16.0 Å². The smallest absolute Gasteiger partial charge is 0.404 e. The van der Waals surface area contributed by atoms with Gasteiger partial charge in [0.1, 0.15) is 10.7 Å². The van der Waals surface area contributed by atoms with E-state index in [9.17, 15) is 10.1 Å². The summed E-state index contributed by atoms with van der Waals surface area (Å²) in [7, 11) is 0. The Bertz CT molecular complexity index is 361. The van der Waals surface area contributed by atoms with Gasteiger partial charge < -0.3 is 9.73 Å². The quantitative estimate of drug-likeness (QED) is 0.632. The number of hydrogen-bond acceptors (Lipinski definition) is 5. The summed E-state index contributed by atoms with van der Waals surface area (Å²) in [6.07, 6.45) is 1.26. The molecule has 0 radical (unpaired) electrons. The van der Waals surface area contributed by atoms with Gasteiger partial charge in [-0.15, -0.1) is 0 Å². The highest BCUT2D eigenvalue weighted by Gasteiger charge is 2.15. The zero-order valence-electron chi connectivity index (χ0n) is 8.85. The summed E-state index contributed by atoms with van der Waals surface area (Å²) in [5.74, 6) is 3.63. The van der Waals surface area contributed by atoms with E-state index in [4.69, 9.17) is 4.42 Å². The summed E-state index contributed by atoms with van der Waals surface area (Å²) < 4.78 is 5.04. The van der Waals surface area contributed by atoms with Crippen LogP contribution in [0.4, 0.5) is 5.88 Å². The van der Waals surface area contributed by atoms with Crippen LogP contribution in [-0.2, 0) is 6.54 Å². The molecule has 0 aliphatic carbocycles. The van der Waals surface area contributed by atoms with Crippen LogP contribution in [-0.4, -0.2) is 23.0 Å². The van der Waals surface area contributed by atoms with Crippen LogP contribution in [0.15, 0.2) is 16.5 Å². The maximum Gasteiger partial charge on any atom is 0.433 e. The van der Waals surface area contributed by atoms with E-state index in [-0.39, 0.29) is 5.88 Å². The second-order valence-electron chi connectivity index (χ2n) is 3.86. The Hall–Kier alpha value is -1.01. The summed E-state index contributed by atoms with van der Waals surface area (Å²) in [5.41, 5.74) is 0. The van der Waals surface area contributed by atoms with E-state index in [0.717, 1.165) is 12.5 Å². The number of nitro groups is 1. The molecule has 6 heteroatoms. The van der Waals surface area contributed by atoms with E-state index < -0.39 is 4.92 Å². The first kappa shape index (κ1) is 11.5. The molecule has 1 aliphatic heterocycles. The Labute approximate surface area is 97.7 Å². The first-order valence-corrected chi connectivity index (χ1v) is 6.43. The lowest BCUT2D eigenvalue weighted by Gasteiger charge is -2.07. The molecule has 0 amide bonds. The van der Waals surface area contributed by atoms with E-state index in [1.54, 1.807) is 6.07 Å². The molecule has 1 atom stereocenters. The molecular weight excluding hydrogens is 228 g/mol. The largest absolute Gasteiger partial charge is 0.433 e. The highest BCUT2D eigenvalue weighted by molar-refractivity contribution is 7.99. The molecule has 1 aliphatic rings. The van der Waals surface area contributed by atoms with E-state index in [1.165, 1.54) is 24.0 Å². The number of hydrogen-bond donors (Lipinski definition) is 1. The molecule has 0 spiro atoms. The molecule has 5 nitrogen and oxygen atoms in total. The van der Waals surface area contributed by atoms with Crippen LogP contribution < -0.4 is 5.32 Å². The average molecular weight is 242 g/mol. The molecule has 1 fully saturated rings. The molecule has 0 aromatic carbocycles. The maximum absolute atomic E-state index is 10.4. The maximum atomic E-state index is 10.4. The van der Waals surface area contributed by atoms with Crippen LogP contribution in [0.1, 0.15) is 12.2 Å². The highest BCUT2D eigenvalue weighted by atomic mass is 32.2. The van der Waals surface area contributed by atoms with Crippen LogP contribution in [0.2, 0.25) is 0 Å². The van der Waals surface area contributed by atoms with Gasteiger partial charge in [-0.3, -0.25) is 10.1 Å². The van der Waals surface area contributed by atoms with Crippen molar-refractivity contribution in [3.63, 3.8) is 0 Å². The Kier molecular flexibility index (Phi) is 3.84. The van der Waals surface area contributed by atoms with Crippen molar-refractivity contribution < 1.29 is 9.34 Å². The fourth-order valence-electron chi connectivity index (χ4n) is 1.70. The van der Waals surface area contributed by atoms with Crippen LogP contribution in [0.25, 0.3) is 0 Å². The van der Waals surface area contributed by atoms with Crippen LogP contribution in [0.3, 0.4) is 0 Å². The molecule has 88 valence electrons. The van der Waals surface area contributed by atoms with Gasteiger partial charge in [0.05, 0.1) is 12.6 Å². The van der Waals surface area contributed by atoms with Gasteiger partial charge in [-0.05, 0) is 36.5 Å². The molecule has 1 aromatic heterocycles. The Morgan fingerprint density at radius 1 is 1.62 bits per heavy atom. The van der Waals surface area contributed by atoms with Gasteiger partial charge in [0.25, 0.3) is 0 Å². The Balaban J connectivity index is 1.74. The number of thioether (sulfide) groups is 1. The first-order chi connectivity index (χ1) is 7.75. The SMILES string of the molecule is O=[N+]([O-])c1ccc(CNCC2CCSC2)o1. The van der Waals surface area contributed by atoms with E-state index >= 15 is 0 Å². The molecular formula is C10H14N2O3S. The predicted molar refractivity (Wildman–Crippen MR) is 62.5 cm³/mol. The van der Waals surface area contributed by atoms with Crippen molar-refractivity contribution in [2.45, 2.75) is 13.0 Å². The number of rotatable bonds is 5. The van der Waals surface area contributed by atoms with Gasteiger partial charge in [-0.1, -0.05) is 0 Å². The lowest BCUT2D eigenvalue weighted by molar-refractivity contribution is -0.402. The zero-order valence-corrected chi connectivity index (χ0v) is 9.66. The minimum Gasteiger partial charge on any atom is -0.404 e. The summed E-state index contributed by atoms with van der Waals surface area (Å²) in [6, 6.07) is 3.04. The molecule has 0 bridgehead atoms. The standard InChI is InChI=1S/C10H14N2O3S/c13-12(14)10-2-1-9(15-10)6-11-5-8-3-4-16-7-8/h1-2,8,11H,3-7H2. The van der Waals surface area contributed by atoms with Crippen molar-refractivity contribution in [2.75, 3.05) is 18.1 Å². The topological polar surface area (TPSA) is 68.3 Å². The van der Waals surface area contributed by atoms with E-state index in [2.05, 4.69) is 5.32 Å². The predicted octanol–water partition coefficient (Wildman–Crippen LogP) is 2.03. The fourth-order valence-corrected chi connectivity index (χ4v) is 2.99. The molecule has 0 saturated carbocycles. The van der Waals surface area contributed by atoms with Crippen LogP contribution in [0.5, 0.6) is 0 Å². The molecule has 1 N–H and O–H groups in total. The summed E-state index contributed by atoms with van der Waals surface area (Å²) in [4.78, 5) is 9.87. The summed E-state index contributed by atoms with van der Waals surface area (Å²) in [6.45, 7) is 1.52. The highest BCUT2D eigenvalue weighted by Crippen LogP contribution is 2.22. The van der Waals surface area contributed by atoms with Gasteiger partial charge in [-0.2, -0.15) is 11.8 Å². The molecule has 2 heterocycles. The van der Waals surface area contributed by atoms with Crippen molar-refractivity contribution in [1.29, 1.82) is 0 Å². The lowest BCUT2D eigenvalue weighted by Crippen LogP contribution is -2.21. The fraction of sp³-hybridized carbons (Fsp3) is 0.600. The number of nitrogens with one attached hydrogen (secondary N) is 1. The van der Waals surface area contributed by atoms with Crippen molar-refractivity contribution in [2.24, 2.45) is 5.92 Å². The number of nitrogens with zero attached hydrogens (tertiary/aromatic N) is 1. The molecule has 1 saturated heterocycles. The van der Waals surface area contributed by atoms with Gasteiger partial charge in [0, 0.05) is 0 Å². The van der Waals surface area contributed by atoms with Crippen LogP contribution >= 0.6 is 11.8 Å². The molecule has 1 unspecified atom stereocenters. The van der Waals surface area contributed by atoms with Crippen molar-refractivity contribution in [1.82, 2.24) is 5.32 Å². The first-order valence-electron chi connectivity index (χ1n) is 5.27. The molecule has 2 rings (SSSR count). The third kappa shape index (κ3) is 2.99. The monoisotopic (exact) mass is 242 g/mol. The minimum absolute atomic E-state index is 0.187. The van der Waals surface area contributed by atoms with Crippen molar-refractivity contribution in [3.05, 3.63) is 28.0 Å². The van der Waals surface area contributed by atoms with Gasteiger partial charge in [-0.25, -0.2) is 0 Å². The average Bonchev–Trinajstić information content (AvgIpc) is 2.87. The normalized spacial score (nSPS) is 20.1. The van der Waals surface area contributed by atoms with Gasteiger partial charge >= 0.3 is 5.88 Å². The molecule has 16 heavy (non-hydrogen) atoms. The zero-order chi connectivity index (χ0) is 11.4. The van der Waals surface area contributed by atoms with Gasteiger partial charge in [0.15, 0.2) is 0 Å². The third-order valence-corrected chi connectivity index (χ3v) is 3.82.